The number of benzene rings is 2. The molecule has 0 aliphatic carbocycles. The first-order chi connectivity index (χ1) is 12.9. The van der Waals surface area contributed by atoms with Gasteiger partial charge < -0.3 is 20.7 Å². The van der Waals surface area contributed by atoms with Gasteiger partial charge in [0.1, 0.15) is 11.6 Å². The van der Waals surface area contributed by atoms with Crippen LogP contribution in [0.15, 0.2) is 53.7 Å². The minimum atomic E-state index is -0.516. The summed E-state index contributed by atoms with van der Waals surface area (Å²) >= 11 is 11.2. The fourth-order valence-electron chi connectivity index (χ4n) is 2.86. The fraction of sp³-hybridized carbons (Fsp3) is 0.158. The van der Waals surface area contributed by atoms with Crippen molar-refractivity contribution in [1.29, 1.82) is 0 Å². The van der Waals surface area contributed by atoms with Crippen molar-refractivity contribution in [2.24, 2.45) is 0 Å². The van der Waals surface area contributed by atoms with Crippen molar-refractivity contribution < 1.29 is 13.9 Å². The average molecular weight is 406 g/mol. The van der Waals surface area contributed by atoms with Gasteiger partial charge >= 0.3 is 0 Å². The Balaban J connectivity index is 1.95. The molecular weight excluding hydrogens is 389 g/mol. The van der Waals surface area contributed by atoms with E-state index in [-0.39, 0.29) is 11.7 Å². The molecular formula is C19H17ClFN3O2S. The second kappa shape index (κ2) is 7.94. The number of ether oxygens (including phenoxy) is 1. The Morgan fingerprint density at radius 2 is 1.96 bits per heavy atom. The van der Waals surface area contributed by atoms with Gasteiger partial charge in [0.15, 0.2) is 5.11 Å². The van der Waals surface area contributed by atoms with Gasteiger partial charge in [-0.3, -0.25) is 4.79 Å². The standard InChI is InChI=1S/C19H17ClFN3O2S/c1-10-16(18(25)23-14-8-5-12(20)9-15(14)26-2)17(24-19(27)22-10)11-3-6-13(21)7-4-11/h3-9,17H,1-2H3,(H,23,25)(H2,22,24,27). The molecule has 1 aliphatic heterocycles. The van der Waals surface area contributed by atoms with Crippen molar-refractivity contribution in [2.75, 3.05) is 12.4 Å². The van der Waals surface area contributed by atoms with E-state index < -0.39 is 6.04 Å². The summed E-state index contributed by atoms with van der Waals surface area (Å²) in [4.78, 5) is 13.0. The zero-order chi connectivity index (χ0) is 19.6. The largest absolute Gasteiger partial charge is 0.495 e. The molecule has 0 saturated carbocycles. The Bertz CT molecular complexity index is 931. The van der Waals surface area contributed by atoms with Crippen LogP contribution in [0, 0.1) is 5.82 Å². The summed E-state index contributed by atoms with van der Waals surface area (Å²) in [6.45, 7) is 1.76. The van der Waals surface area contributed by atoms with Crippen LogP contribution >= 0.6 is 23.8 Å². The fourth-order valence-corrected chi connectivity index (χ4v) is 3.29. The third-order valence-electron chi connectivity index (χ3n) is 4.13. The van der Waals surface area contributed by atoms with Gasteiger partial charge in [-0.1, -0.05) is 23.7 Å². The summed E-state index contributed by atoms with van der Waals surface area (Å²) in [5, 5.41) is 9.75. The molecule has 0 spiro atoms. The van der Waals surface area contributed by atoms with Crippen molar-refractivity contribution in [2.45, 2.75) is 13.0 Å². The molecule has 1 amide bonds. The number of hydrogen-bond donors (Lipinski definition) is 3. The number of allylic oxidation sites excluding steroid dienone is 1. The maximum absolute atomic E-state index is 13.3. The summed E-state index contributed by atoms with van der Waals surface area (Å²) in [6, 6.07) is 10.3. The quantitative estimate of drug-likeness (QED) is 0.673. The Labute approximate surface area is 166 Å². The van der Waals surface area contributed by atoms with Gasteiger partial charge in [0, 0.05) is 16.8 Å². The lowest BCUT2D eigenvalue weighted by molar-refractivity contribution is -0.113. The van der Waals surface area contributed by atoms with Crippen LogP contribution in [0.4, 0.5) is 10.1 Å². The van der Waals surface area contributed by atoms with Gasteiger partial charge in [0.05, 0.1) is 24.4 Å². The number of amides is 1. The van der Waals surface area contributed by atoms with E-state index >= 15 is 0 Å². The molecule has 2 aromatic rings. The number of nitrogens with one attached hydrogen (secondary N) is 3. The molecule has 1 atom stereocenters. The third kappa shape index (κ3) is 4.20. The first-order valence-corrected chi connectivity index (χ1v) is 8.86. The predicted molar refractivity (Wildman–Crippen MR) is 107 cm³/mol. The summed E-state index contributed by atoms with van der Waals surface area (Å²) in [7, 11) is 1.50. The molecule has 0 bridgehead atoms. The van der Waals surface area contributed by atoms with Gasteiger partial charge in [-0.05, 0) is 49.0 Å². The van der Waals surface area contributed by atoms with Gasteiger partial charge in [-0.15, -0.1) is 0 Å². The maximum atomic E-state index is 13.3. The molecule has 27 heavy (non-hydrogen) atoms. The minimum absolute atomic E-state index is 0.343. The number of thiocarbonyl (C=S) groups is 1. The molecule has 1 unspecified atom stereocenters. The monoisotopic (exact) mass is 405 g/mol. The summed E-state index contributed by atoms with van der Waals surface area (Å²) in [5.41, 5.74) is 2.25. The Hall–Kier alpha value is -2.64. The molecule has 0 fully saturated rings. The van der Waals surface area contributed by atoms with Gasteiger partial charge in [0.25, 0.3) is 5.91 Å². The van der Waals surface area contributed by atoms with E-state index in [0.717, 1.165) is 0 Å². The zero-order valence-corrected chi connectivity index (χ0v) is 16.2. The van der Waals surface area contributed by atoms with Crippen LogP contribution in [0.1, 0.15) is 18.5 Å². The van der Waals surface area contributed by atoms with Crippen molar-refractivity contribution in [3.05, 3.63) is 70.1 Å². The van der Waals surface area contributed by atoms with Crippen LogP contribution in [-0.4, -0.2) is 18.1 Å². The first-order valence-electron chi connectivity index (χ1n) is 8.07. The summed E-state index contributed by atoms with van der Waals surface area (Å²) in [6.07, 6.45) is 0. The first kappa shape index (κ1) is 19.1. The van der Waals surface area contributed by atoms with E-state index in [4.69, 9.17) is 28.6 Å². The zero-order valence-electron chi connectivity index (χ0n) is 14.6. The second-order valence-electron chi connectivity index (χ2n) is 5.92. The highest BCUT2D eigenvalue weighted by molar-refractivity contribution is 7.80. The number of hydrogen-bond acceptors (Lipinski definition) is 3. The van der Waals surface area contributed by atoms with Crippen LogP contribution < -0.4 is 20.7 Å². The van der Waals surface area contributed by atoms with Crippen molar-refractivity contribution >= 4 is 40.5 Å². The normalized spacial score (nSPS) is 16.4. The van der Waals surface area contributed by atoms with E-state index in [1.54, 1.807) is 37.3 Å². The van der Waals surface area contributed by atoms with E-state index in [0.29, 0.717) is 38.4 Å². The van der Waals surface area contributed by atoms with Crippen molar-refractivity contribution in [1.82, 2.24) is 10.6 Å². The topological polar surface area (TPSA) is 62.4 Å². The molecule has 140 valence electrons. The van der Waals surface area contributed by atoms with Crippen LogP contribution in [0.2, 0.25) is 5.02 Å². The lowest BCUT2D eigenvalue weighted by Crippen LogP contribution is -2.45. The molecule has 0 saturated heterocycles. The Morgan fingerprint density at radius 3 is 2.63 bits per heavy atom. The molecule has 0 radical (unpaired) electrons. The van der Waals surface area contributed by atoms with E-state index in [1.165, 1.54) is 19.2 Å². The second-order valence-corrected chi connectivity index (χ2v) is 6.77. The van der Waals surface area contributed by atoms with Crippen molar-refractivity contribution in [3.63, 3.8) is 0 Å². The van der Waals surface area contributed by atoms with Crippen LogP contribution in [0.5, 0.6) is 5.75 Å². The molecule has 3 rings (SSSR count). The highest BCUT2D eigenvalue weighted by Crippen LogP contribution is 2.31. The number of carbonyl (C=O) groups excluding carboxylic acids is 1. The highest BCUT2D eigenvalue weighted by Gasteiger charge is 2.30. The molecule has 2 aromatic carbocycles. The number of rotatable bonds is 4. The van der Waals surface area contributed by atoms with E-state index in [1.807, 2.05) is 0 Å². The Kier molecular flexibility index (Phi) is 5.62. The average Bonchev–Trinajstić information content (AvgIpc) is 2.63. The number of methoxy groups -OCH3 is 1. The third-order valence-corrected chi connectivity index (χ3v) is 4.58. The Morgan fingerprint density at radius 1 is 1.26 bits per heavy atom. The predicted octanol–water partition coefficient (Wildman–Crippen LogP) is 3.92. The lowest BCUT2D eigenvalue weighted by Gasteiger charge is -2.30. The number of carbonyl (C=O) groups is 1. The lowest BCUT2D eigenvalue weighted by atomic mass is 9.95. The summed E-state index contributed by atoms with van der Waals surface area (Å²) < 4.78 is 18.6. The minimum Gasteiger partial charge on any atom is -0.495 e. The number of halogens is 2. The SMILES string of the molecule is COc1cc(Cl)ccc1NC(=O)C1=C(C)NC(=S)NC1c1ccc(F)cc1. The molecule has 5 nitrogen and oxygen atoms in total. The highest BCUT2D eigenvalue weighted by atomic mass is 35.5. The van der Waals surface area contributed by atoms with Crippen LogP contribution in [0.3, 0.4) is 0 Å². The van der Waals surface area contributed by atoms with E-state index in [9.17, 15) is 9.18 Å². The molecule has 1 aliphatic rings. The van der Waals surface area contributed by atoms with Gasteiger partial charge in [-0.2, -0.15) is 0 Å². The molecule has 0 aromatic heterocycles. The summed E-state index contributed by atoms with van der Waals surface area (Å²) in [5.74, 6) is -0.252. The van der Waals surface area contributed by atoms with Crippen molar-refractivity contribution in [3.8, 4) is 5.75 Å². The maximum Gasteiger partial charge on any atom is 0.255 e. The van der Waals surface area contributed by atoms with Gasteiger partial charge in [-0.25, -0.2) is 4.39 Å². The molecule has 8 heteroatoms. The molecule has 3 N–H and O–H groups in total. The number of anilines is 1. The van der Waals surface area contributed by atoms with Crippen LogP contribution in [0.25, 0.3) is 0 Å². The molecule has 1 heterocycles. The van der Waals surface area contributed by atoms with Crippen LogP contribution in [-0.2, 0) is 4.79 Å². The van der Waals surface area contributed by atoms with Gasteiger partial charge in [0.2, 0.25) is 0 Å². The van der Waals surface area contributed by atoms with E-state index in [2.05, 4.69) is 16.0 Å². The smallest absolute Gasteiger partial charge is 0.255 e.